The molecule has 0 aliphatic heterocycles. The van der Waals surface area contributed by atoms with Crippen LogP contribution in [-0.2, 0) is 16.2 Å². The van der Waals surface area contributed by atoms with E-state index in [0.717, 1.165) is 34.6 Å². The van der Waals surface area contributed by atoms with Crippen molar-refractivity contribution >= 4 is 28.1 Å². The van der Waals surface area contributed by atoms with E-state index >= 15 is 0 Å². The Morgan fingerprint density at radius 2 is 1.68 bits per heavy atom. The Kier molecular flexibility index (Phi) is 8.54. The second-order valence-corrected chi connectivity index (χ2v) is 8.65. The minimum absolute atomic E-state index is 0. The number of hydrogen-bond acceptors (Lipinski definition) is 5. The number of nitrogens with two attached hydrogens (primary N) is 1. The molecule has 1 atom stereocenters. The van der Waals surface area contributed by atoms with Crippen LogP contribution in [0, 0.1) is 15.9 Å². The monoisotopic (exact) mass is 485 g/mol. The average Bonchev–Trinajstić information content (AvgIpc) is 2.64. The van der Waals surface area contributed by atoms with Crippen LogP contribution in [0.2, 0.25) is 0 Å². The molecule has 172 valence electrons. The molecule has 7 nitrogen and oxygen atoms in total. The molecule has 0 fully saturated rings. The first-order chi connectivity index (χ1) is 13.7. The molecule has 0 bridgehead atoms. The van der Waals surface area contributed by atoms with Crippen LogP contribution < -0.4 is 5.73 Å². The number of benzene rings is 2. The Balaban J connectivity index is 0.00000480. The van der Waals surface area contributed by atoms with Gasteiger partial charge in [0.2, 0.25) is 10.0 Å². The Bertz CT molecular complexity index is 1030. The van der Waals surface area contributed by atoms with E-state index in [1.165, 1.54) is 0 Å². The van der Waals surface area contributed by atoms with Crippen LogP contribution in [0.3, 0.4) is 0 Å². The number of alkyl halides is 3. The molecule has 0 aromatic heterocycles. The molecule has 31 heavy (non-hydrogen) atoms. The van der Waals surface area contributed by atoms with E-state index in [4.69, 9.17) is 5.73 Å². The third-order valence-electron chi connectivity index (χ3n) is 4.33. The number of sulfonamides is 1. The summed E-state index contributed by atoms with van der Waals surface area (Å²) in [5.74, 6) is -1.46. The van der Waals surface area contributed by atoms with Crippen molar-refractivity contribution < 1.29 is 30.9 Å². The summed E-state index contributed by atoms with van der Waals surface area (Å²) in [6.07, 6.45) is -4.93. The molecule has 0 amide bonds. The molecule has 2 rings (SSSR count). The van der Waals surface area contributed by atoms with E-state index in [1.54, 1.807) is 13.8 Å². The quantitative estimate of drug-likeness (QED) is 0.358. The normalized spacial score (nSPS) is 13.2. The Morgan fingerprint density at radius 3 is 2.13 bits per heavy atom. The summed E-state index contributed by atoms with van der Waals surface area (Å²) in [7, 11) is -4.16. The molecule has 0 saturated carbocycles. The highest BCUT2D eigenvalue weighted by Crippen LogP contribution is 2.33. The number of nitro benzene ring substituents is 1. The van der Waals surface area contributed by atoms with Crippen LogP contribution in [0.25, 0.3) is 0 Å². The summed E-state index contributed by atoms with van der Waals surface area (Å²) in [6, 6.07) is 4.62. The van der Waals surface area contributed by atoms with E-state index in [-0.39, 0.29) is 35.1 Å². The maximum atomic E-state index is 13.5. The highest BCUT2D eigenvalue weighted by Gasteiger charge is 2.35. The second-order valence-electron chi connectivity index (χ2n) is 6.76. The zero-order chi connectivity index (χ0) is 22.9. The fraction of sp³-hybridized carbons (Fsp3) is 0.333. The maximum Gasteiger partial charge on any atom is 0.419 e. The van der Waals surface area contributed by atoms with Crippen LogP contribution in [-0.4, -0.2) is 30.2 Å². The molecule has 2 aromatic carbocycles. The molecule has 0 spiro atoms. The summed E-state index contributed by atoms with van der Waals surface area (Å²) in [6.45, 7) is 2.70. The number of rotatable bonds is 7. The highest BCUT2D eigenvalue weighted by atomic mass is 35.5. The van der Waals surface area contributed by atoms with Gasteiger partial charge in [-0.15, -0.1) is 12.4 Å². The van der Waals surface area contributed by atoms with Gasteiger partial charge in [-0.1, -0.05) is 6.07 Å². The van der Waals surface area contributed by atoms with E-state index < -0.39 is 44.6 Å². The minimum Gasteiger partial charge on any atom is -0.323 e. The molecule has 13 heteroatoms. The fourth-order valence-corrected chi connectivity index (χ4v) is 4.41. The van der Waals surface area contributed by atoms with Gasteiger partial charge in [0, 0.05) is 30.8 Å². The minimum atomic E-state index is -4.93. The van der Waals surface area contributed by atoms with Gasteiger partial charge in [0.1, 0.15) is 5.82 Å². The van der Waals surface area contributed by atoms with Crippen molar-refractivity contribution in [2.45, 2.75) is 37.0 Å². The lowest BCUT2D eigenvalue weighted by Gasteiger charge is -2.29. The van der Waals surface area contributed by atoms with Crippen molar-refractivity contribution in [1.29, 1.82) is 0 Å². The van der Waals surface area contributed by atoms with Crippen LogP contribution in [0.4, 0.5) is 23.2 Å². The lowest BCUT2D eigenvalue weighted by atomic mass is 10.0. The van der Waals surface area contributed by atoms with Gasteiger partial charge in [-0.3, -0.25) is 10.1 Å². The molecule has 2 N–H and O–H groups in total. The standard InChI is InChI=1S/C18H19F4N3O4S.ClH/c1-11(2)24(30(28,29)14-6-4-13(5-7-14)25(26)27)10-17(23)12-3-8-16(19)15(9-12)18(20,21)22;/h3-9,11,17H,10,23H2,1-2H3;1H/t17-;/m1./s1. The predicted octanol–water partition coefficient (Wildman–Crippen LogP) is 4.27. The number of hydrogen-bond donors (Lipinski definition) is 1. The molecule has 0 aliphatic rings. The van der Waals surface area contributed by atoms with E-state index in [9.17, 15) is 36.1 Å². The van der Waals surface area contributed by atoms with Gasteiger partial charge in [-0.25, -0.2) is 12.8 Å². The second kappa shape index (κ2) is 9.90. The van der Waals surface area contributed by atoms with Gasteiger partial charge in [0.25, 0.3) is 5.69 Å². The zero-order valence-electron chi connectivity index (χ0n) is 16.3. The Morgan fingerprint density at radius 1 is 1.13 bits per heavy atom. The topological polar surface area (TPSA) is 107 Å². The highest BCUT2D eigenvalue weighted by molar-refractivity contribution is 7.89. The fourth-order valence-electron chi connectivity index (χ4n) is 2.75. The average molecular weight is 486 g/mol. The molecule has 0 aliphatic carbocycles. The Labute approximate surface area is 182 Å². The van der Waals surface area contributed by atoms with E-state index in [0.29, 0.717) is 12.1 Å². The lowest BCUT2D eigenvalue weighted by molar-refractivity contribution is -0.384. The SMILES string of the molecule is CC(C)N(C[C@@H](N)c1ccc(F)c(C(F)(F)F)c1)S(=O)(=O)c1ccc([N+](=O)[O-])cc1.Cl. The number of nitro groups is 1. The van der Waals surface area contributed by atoms with Gasteiger partial charge in [-0.05, 0) is 43.7 Å². The molecule has 0 radical (unpaired) electrons. The van der Waals surface area contributed by atoms with Crippen LogP contribution in [0.1, 0.15) is 31.0 Å². The number of non-ortho nitro benzene ring substituents is 1. The summed E-state index contributed by atoms with van der Waals surface area (Å²) in [4.78, 5) is 9.84. The van der Waals surface area contributed by atoms with Crippen LogP contribution in [0.15, 0.2) is 47.4 Å². The van der Waals surface area contributed by atoms with Crippen LogP contribution >= 0.6 is 12.4 Å². The largest absolute Gasteiger partial charge is 0.419 e. The maximum absolute atomic E-state index is 13.5. The summed E-state index contributed by atoms with van der Waals surface area (Å²) < 4.78 is 79.2. The smallest absolute Gasteiger partial charge is 0.323 e. The first-order valence-electron chi connectivity index (χ1n) is 8.63. The van der Waals surface area contributed by atoms with E-state index in [1.807, 2.05) is 0 Å². The molecular weight excluding hydrogens is 466 g/mol. The lowest BCUT2D eigenvalue weighted by Crippen LogP contribution is -2.41. The number of nitrogens with zero attached hydrogens (tertiary/aromatic N) is 2. The van der Waals surface area contributed by atoms with Gasteiger partial charge < -0.3 is 5.73 Å². The number of halogens is 5. The van der Waals surface area contributed by atoms with Crippen molar-refractivity contribution in [3.63, 3.8) is 0 Å². The molecule has 0 heterocycles. The van der Waals surface area contributed by atoms with Crippen LogP contribution in [0.5, 0.6) is 0 Å². The van der Waals surface area contributed by atoms with Gasteiger partial charge in [-0.2, -0.15) is 17.5 Å². The van der Waals surface area contributed by atoms with Crippen molar-refractivity contribution in [2.24, 2.45) is 5.73 Å². The third-order valence-corrected chi connectivity index (χ3v) is 6.39. The summed E-state index contributed by atoms with van der Waals surface area (Å²) >= 11 is 0. The zero-order valence-corrected chi connectivity index (χ0v) is 18.0. The van der Waals surface area contributed by atoms with Crippen molar-refractivity contribution in [1.82, 2.24) is 4.31 Å². The first kappa shape index (κ1) is 26.8. The van der Waals surface area contributed by atoms with Gasteiger partial charge >= 0.3 is 6.18 Å². The first-order valence-corrected chi connectivity index (χ1v) is 10.1. The predicted molar refractivity (Wildman–Crippen MR) is 108 cm³/mol. The molecule has 0 unspecified atom stereocenters. The summed E-state index contributed by atoms with van der Waals surface area (Å²) in [5.41, 5.74) is 4.07. The van der Waals surface area contributed by atoms with E-state index in [2.05, 4.69) is 0 Å². The molecule has 2 aromatic rings. The van der Waals surface area contributed by atoms with Gasteiger partial charge in [0.05, 0.1) is 15.4 Å². The van der Waals surface area contributed by atoms with Crippen molar-refractivity contribution in [3.8, 4) is 0 Å². The molecular formula is C18H20ClF4N3O4S. The van der Waals surface area contributed by atoms with Crippen molar-refractivity contribution in [2.75, 3.05) is 6.54 Å². The van der Waals surface area contributed by atoms with Crippen molar-refractivity contribution in [3.05, 3.63) is 69.5 Å². The summed E-state index contributed by atoms with van der Waals surface area (Å²) in [5, 5.41) is 10.8. The Hall–Kier alpha value is -2.28. The third kappa shape index (κ3) is 6.12. The molecule has 0 saturated heterocycles. The van der Waals surface area contributed by atoms with Gasteiger partial charge in [0.15, 0.2) is 0 Å².